The van der Waals surface area contributed by atoms with Gasteiger partial charge in [-0.05, 0) is 43.7 Å². The van der Waals surface area contributed by atoms with E-state index in [2.05, 4.69) is 58.7 Å². The van der Waals surface area contributed by atoms with Gasteiger partial charge in [-0.2, -0.15) is 0 Å². The molecule has 0 aliphatic heterocycles. The van der Waals surface area contributed by atoms with Crippen LogP contribution < -0.4 is 10.6 Å². The van der Waals surface area contributed by atoms with Crippen LogP contribution in [0, 0.1) is 6.92 Å². The second kappa shape index (κ2) is 8.12. The highest BCUT2D eigenvalue weighted by molar-refractivity contribution is 7.11. The molecule has 4 nitrogen and oxygen atoms in total. The van der Waals surface area contributed by atoms with Gasteiger partial charge in [0.15, 0.2) is 5.96 Å². The van der Waals surface area contributed by atoms with Gasteiger partial charge in [-0.25, -0.2) is 0 Å². The Morgan fingerprint density at radius 1 is 1.20 bits per heavy atom. The number of nitrogens with one attached hydrogen (secondary N) is 2. The minimum atomic E-state index is 0.318. The zero-order valence-electron chi connectivity index (χ0n) is 14.9. The number of hydrogen-bond acceptors (Lipinski definition) is 3. The van der Waals surface area contributed by atoms with Crippen molar-refractivity contribution < 1.29 is 0 Å². The molecule has 0 saturated heterocycles. The van der Waals surface area contributed by atoms with Crippen molar-refractivity contribution in [1.29, 1.82) is 0 Å². The molecule has 2 heterocycles. The van der Waals surface area contributed by atoms with Gasteiger partial charge in [-0.1, -0.05) is 18.2 Å². The number of nitrogens with zero attached hydrogens (tertiary/aromatic N) is 2. The molecule has 0 fully saturated rings. The standard InChI is InChI=1S/C20H24N4S/c1-14(12-17-9-8-15(2)25-17)24-20(21-3)23-13-16-10-11-22-19-7-5-4-6-18(16)19/h4-11,14H,12-13H2,1-3H3,(H2,21,23,24). The number of benzene rings is 1. The Morgan fingerprint density at radius 2 is 2.04 bits per heavy atom. The second-order valence-electron chi connectivity index (χ2n) is 6.17. The van der Waals surface area contributed by atoms with Crippen molar-refractivity contribution in [2.75, 3.05) is 7.05 Å². The van der Waals surface area contributed by atoms with Gasteiger partial charge in [0, 0.05) is 47.4 Å². The number of aromatic nitrogens is 1. The van der Waals surface area contributed by atoms with Crippen molar-refractivity contribution in [3.63, 3.8) is 0 Å². The van der Waals surface area contributed by atoms with Crippen LogP contribution in [0.5, 0.6) is 0 Å². The number of guanidine groups is 1. The second-order valence-corrected chi connectivity index (χ2v) is 7.55. The van der Waals surface area contributed by atoms with Crippen LogP contribution >= 0.6 is 11.3 Å². The first kappa shape index (κ1) is 17.4. The van der Waals surface area contributed by atoms with Gasteiger partial charge in [-0.15, -0.1) is 11.3 Å². The molecule has 25 heavy (non-hydrogen) atoms. The van der Waals surface area contributed by atoms with Gasteiger partial charge in [0.05, 0.1) is 5.52 Å². The number of rotatable bonds is 5. The quantitative estimate of drug-likeness (QED) is 0.541. The summed E-state index contributed by atoms with van der Waals surface area (Å²) in [5.74, 6) is 0.821. The lowest BCUT2D eigenvalue weighted by molar-refractivity contribution is 0.645. The summed E-state index contributed by atoms with van der Waals surface area (Å²) >= 11 is 1.86. The van der Waals surface area contributed by atoms with Gasteiger partial charge in [0.2, 0.25) is 0 Å². The molecular weight excluding hydrogens is 328 g/mol. The molecule has 2 aromatic heterocycles. The van der Waals surface area contributed by atoms with Crippen LogP contribution in [0.3, 0.4) is 0 Å². The average Bonchev–Trinajstić information content (AvgIpc) is 3.03. The Labute approximate surface area is 153 Å². The molecule has 1 atom stereocenters. The van der Waals surface area contributed by atoms with Gasteiger partial charge in [0.1, 0.15) is 0 Å². The summed E-state index contributed by atoms with van der Waals surface area (Å²) in [5.41, 5.74) is 2.24. The lowest BCUT2D eigenvalue weighted by Gasteiger charge is -2.18. The van der Waals surface area contributed by atoms with Crippen LogP contribution in [0.2, 0.25) is 0 Å². The Morgan fingerprint density at radius 3 is 2.80 bits per heavy atom. The molecule has 1 aromatic carbocycles. The predicted octanol–water partition coefficient (Wildman–Crippen LogP) is 3.90. The summed E-state index contributed by atoms with van der Waals surface area (Å²) in [5, 5.41) is 8.06. The molecule has 3 aromatic rings. The van der Waals surface area contributed by atoms with Crippen LogP contribution in [-0.4, -0.2) is 24.0 Å². The molecule has 130 valence electrons. The molecular formula is C20H24N4S. The SMILES string of the molecule is CN=C(NCc1ccnc2ccccc12)NC(C)Cc1ccc(C)s1. The number of fused-ring (bicyclic) bond motifs is 1. The summed E-state index contributed by atoms with van der Waals surface area (Å²) in [7, 11) is 1.81. The highest BCUT2D eigenvalue weighted by Crippen LogP contribution is 2.17. The maximum atomic E-state index is 4.41. The summed E-state index contributed by atoms with van der Waals surface area (Å²) in [6.45, 7) is 5.04. The third kappa shape index (κ3) is 4.57. The summed E-state index contributed by atoms with van der Waals surface area (Å²) in [4.78, 5) is 11.5. The van der Waals surface area contributed by atoms with Crippen LogP contribution in [0.15, 0.2) is 53.7 Å². The lowest BCUT2D eigenvalue weighted by atomic mass is 10.1. The Hall–Kier alpha value is -2.40. The normalized spacial score (nSPS) is 13.0. The highest BCUT2D eigenvalue weighted by atomic mass is 32.1. The first-order valence-corrected chi connectivity index (χ1v) is 9.32. The maximum absolute atomic E-state index is 4.41. The minimum absolute atomic E-state index is 0.318. The smallest absolute Gasteiger partial charge is 0.191 e. The number of pyridine rings is 1. The lowest BCUT2D eigenvalue weighted by Crippen LogP contribution is -2.42. The van der Waals surface area contributed by atoms with Crippen molar-refractivity contribution in [3.8, 4) is 0 Å². The third-order valence-electron chi connectivity index (χ3n) is 4.10. The molecule has 0 aliphatic rings. The number of aryl methyl sites for hydroxylation is 1. The summed E-state index contributed by atoms with van der Waals surface area (Å²) < 4.78 is 0. The van der Waals surface area contributed by atoms with E-state index in [9.17, 15) is 0 Å². The largest absolute Gasteiger partial charge is 0.354 e. The van der Waals surface area contributed by atoms with Crippen molar-refractivity contribution in [2.45, 2.75) is 32.9 Å². The number of hydrogen-bond donors (Lipinski definition) is 2. The van der Waals surface area contributed by atoms with E-state index in [1.165, 1.54) is 20.7 Å². The van der Waals surface area contributed by atoms with Gasteiger partial charge in [-0.3, -0.25) is 9.98 Å². The average molecular weight is 353 g/mol. The van der Waals surface area contributed by atoms with E-state index in [-0.39, 0.29) is 0 Å². The first-order chi connectivity index (χ1) is 12.2. The molecule has 0 spiro atoms. The van der Waals surface area contributed by atoms with E-state index in [0.717, 1.165) is 17.9 Å². The fourth-order valence-electron chi connectivity index (χ4n) is 2.86. The van der Waals surface area contributed by atoms with E-state index in [0.29, 0.717) is 12.6 Å². The van der Waals surface area contributed by atoms with Crippen LogP contribution in [0.4, 0.5) is 0 Å². The van der Waals surface area contributed by atoms with E-state index >= 15 is 0 Å². The molecule has 1 unspecified atom stereocenters. The molecule has 0 bridgehead atoms. The van der Waals surface area contributed by atoms with E-state index in [1.807, 2.05) is 42.8 Å². The first-order valence-electron chi connectivity index (χ1n) is 8.51. The fourth-order valence-corrected chi connectivity index (χ4v) is 3.88. The monoisotopic (exact) mass is 352 g/mol. The predicted molar refractivity (Wildman–Crippen MR) is 107 cm³/mol. The highest BCUT2D eigenvalue weighted by Gasteiger charge is 2.08. The van der Waals surface area contributed by atoms with Crippen LogP contribution in [0.25, 0.3) is 10.9 Å². The molecule has 0 aliphatic carbocycles. The van der Waals surface area contributed by atoms with Gasteiger partial charge >= 0.3 is 0 Å². The Kier molecular flexibility index (Phi) is 5.66. The molecule has 3 rings (SSSR count). The molecule has 2 N–H and O–H groups in total. The van der Waals surface area contributed by atoms with E-state index < -0.39 is 0 Å². The topological polar surface area (TPSA) is 49.3 Å². The Balaban J connectivity index is 1.60. The summed E-state index contributed by atoms with van der Waals surface area (Å²) in [6, 6.07) is 15.0. The maximum Gasteiger partial charge on any atom is 0.191 e. The third-order valence-corrected chi connectivity index (χ3v) is 5.12. The zero-order chi connectivity index (χ0) is 17.6. The number of para-hydroxylation sites is 1. The molecule has 0 saturated carbocycles. The van der Waals surface area contributed by atoms with E-state index in [4.69, 9.17) is 0 Å². The summed E-state index contributed by atoms with van der Waals surface area (Å²) in [6.07, 6.45) is 2.86. The number of thiophene rings is 1. The van der Waals surface area contributed by atoms with Crippen LogP contribution in [-0.2, 0) is 13.0 Å². The van der Waals surface area contributed by atoms with Crippen molar-refractivity contribution in [3.05, 3.63) is 64.0 Å². The van der Waals surface area contributed by atoms with Gasteiger partial charge in [0.25, 0.3) is 0 Å². The van der Waals surface area contributed by atoms with Crippen LogP contribution in [0.1, 0.15) is 22.2 Å². The van der Waals surface area contributed by atoms with Gasteiger partial charge < -0.3 is 10.6 Å². The molecule has 0 amide bonds. The number of aliphatic imine (C=N–C) groups is 1. The fraction of sp³-hybridized carbons (Fsp3) is 0.300. The Bertz CT molecular complexity index is 864. The van der Waals surface area contributed by atoms with Crippen molar-refractivity contribution in [1.82, 2.24) is 15.6 Å². The van der Waals surface area contributed by atoms with Crippen molar-refractivity contribution in [2.24, 2.45) is 4.99 Å². The zero-order valence-corrected chi connectivity index (χ0v) is 15.7. The van der Waals surface area contributed by atoms with Crippen molar-refractivity contribution >= 4 is 28.2 Å². The molecule has 5 heteroatoms. The minimum Gasteiger partial charge on any atom is -0.354 e. The van der Waals surface area contributed by atoms with E-state index in [1.54, 1.807) is 0 Å². The molecule has 0 radical (unpaired) electrons.